The number of fused-ring (bicyclic) bond motifs is 1. The van der Waals surface area contributed by atoms with Crippen molar-refractivity contribution < 1.29 is 14.2 Å². The summed E-state index contributed by atoms with van der Waals surface area (Å²) in [5.41, 5.74) is 8.86. The number of nitriles is 1. The van der Waals surface area contributed by atoms with Crippen molar-refractivity contribution in [3.63, 3.8) is 0 Å². The number of H-pyrrole nitrogens is 1. The Morgan fingerprint density at radius 1 is 1.21 bits per heavy atom. The SMILES string of the molecule is COc1ccc(C2C(C#N)=C(N)Oc3nc(C)[nH]c32)cc1OCc1ccccc1. The third-order valence-electron chi connectivity index (χ3n) is 4.74. The zero-order valence-electron chi connectivity index (χ0n) is 16.1. The summed E-state index contributed by atoms with van der Waals surface area (Å²) >= 11 is 0. The molecule has 1 aliphatic heterocycles. The number of aryl methyl sites for hydroxylation is 1. The molecule has 2 heterocycles. The molecule has 1 aliphatic rings. The van der Waals surface area contributed by atoms with Crippen molar-refractivity contribution >= 4 is 0 Å². The summed E-state index contributed by atoms with van der Waals surface area (Å²) in [6.45, 7) is 2.22. The van der Waals surface area contributed by atoms with Crippen LogP contribution in [-0.2, 0) is 6.61 Å². The number of nitrogens with two attached hydrogens (primary N) is 1. The maximum Gasteiger partial charge on any atom is 0.243 e. The Bertz CT molecular complexity index is 1110. The second-order valence-corrected chi connectivity index (χ2v) is 6.65. The van der Waals surface area contributed by atoms with Crippen LogP contribution in [0.25, 0.3) is 0 Å². The van der Waals surface area contributed by atoms with Gasteiger partial charge in [0.25, 0.3) is 0 Å². The quantitative estimate of drug-likeness (QED) is 0.693. The lowest BCUT2D eigenvalue weighted by Gasteiger charge is -2.23. The van der Waals surface area contributed by atoms with Crippen LogP contribution in [0.1, 0.15) is 28.6 Å². The van der Waals surface area contributed by atoms with Crippen molar-refractivity contribution in [2.75, 3.05) is 7.11 Å². The highest BCUT2D eigenvalue weighted by atomic mass is 16.5. The molecule has 0 aliphatic carbocycles. The fourth-order valence-corrected chi connectivity index (χ4v) is 3.38. The first-order chi connectivity index (χ1) is 14.1. The number of methoxy groups -OCH3 is 1. The average Bonchev–Trinajstić information content (AvgIpc) is 3.11. The molecule has 7 nitrogen and oxygen atoms in total. The number of nitrogens with zero attached hydrogens (tertiary/aromatic N) is 2. The predicted octanol–water partition coefficient (Wildman–Crippen LogP) is 3.52. The molecule has 0 saturated carbocycles. The lowest BCUT2D eigenvalue weighted by molar-refractivity contribution is 0.284. The topological polar surface area (TPSA) is 106 Å². The van der Waals surface area contributed by atoms with Crippen LogP contribution in [0.2, 0.25) is 0 Å². The minimum atomic E-state index is -0.435. The zero-order chi connectivity index (χ0) is 20.4. The van der Waals surface area contributed by atoms with Gasteiger partial charge in [0.05, 0.1) is 18.7 Å². The van der Waals surface area contributed by atoms with Crippen LogP contribution in [0.5, 0.6) is 17.4 Å². The predicted molar refractivity (Wildman–Crippen MR) is 106 cm³/mol. The van der Waals surface area contributed by atoms with Crippen LogP contribution < -0.4 is 19.9 Å². The molecule has 146 valence electrons. The van der Waals surface area contributed by atoms with E-state index in [4.69, 9.17) is 19.9 Å². The van der Waals surface area contributed by atoms with Crippen molar-refractivity contribution in [1.29, 1.82) is 5.26 Å². The number of aromatic amines is 1. The number of imidazole rings is 1. The lowest BCUT2D eigenvalue weighted by atomic mass is 9.87. The van der Waals surface area contributed by atoms with E-state index in [-0.39, 0.29) is 5.88 Å². The van der Waals surface area contributed by atoms with Gasteiger partial charge in [-0.05, 0) is 30.2 Å². The van der Waals surface area contributed by atoms with Gasteiger partial charge in [0.1, 0.15) is 24.1 Å². The fraction of sp³-hybridized carbons (Fsp3) is 0.182. The minimum absolute atomic E-state index is 0.0547. The molecule has 1 atom stereocenters. The van der Waals surface area contributed by atoms with Crippen LogP contribution >= 0.6 is 0 Å². The molecule has 4 rings (SSSR count). The van der Waals surface area contributed by atoms with Crippen LogP contribution in [0.15, 0.2) is 60.0 Å². The van der Waals surface area contributed by atoms with Gasteiger partial charge in [0.15, 0.2) is 11.5 Å². The normalized spacial score (nSPS) is 15.3. The van der Waals surface area contributed by atoms with E-state index in [2.05, 4.69) is 16.0 Å². The van der Waals surface area contributed by atoms with Crippen LogP contribution in [0.4, 0.5) is 0 Å². The summed E-state index contributed by atoms with van der Waals surface area (Å²) in [6.07, 6.45) is 0. The Morgan fingerprint density at radius 2 is 2.00 bits per heavy atom. The number of rotatable bonds is 5. The van der Waals surface area contributed by atoms with E-state index in [0.29, 0.717) is 41.1 Å². The molecular formula is C22H20N4O3. The molecule has 0 fully saturated rings. The van der Waals surface area contributed by atoms with E-state index in [0.717, 1.165) is 11.1 Å². The average molecular weight is 388 g/mol. The van der Waals surface area contributed by atoms with E-state index >= 15 is 0 Å². The Labute approximate surface area is 168 Å². The van der Waals surface area contributed by atoms with E-state index < -0.39 is 5.92 Å². The molecule has 0 radical (unpaired) electrons. The molecule has 3 aromatic rings. The van der Waals surface area contributed by atoms with Crippen molar-refractivity contribution in [2.24, 2.45) is 5.73 Å². The van der Waals surface area contributed by atoms with Crippen LogP contribution in [0.3, 0.4) is 0 Å². The standard InChI is InChI=1S/C22H20N4O3/c1-13-25-20-19(16(11-23)21(24)29-22(20)26-13)15-8-9-17(27-2)18(10-15)28-12-14-6-4-3-5-7-14/h3-10,19H,12,24H2,1-2H3,(H,25,26). The highest BCUT2D eigenvalue weighted by molar-refractivity contribution is 5.54. The molecule has 3 N–H and O–H groups in total. The number of allylic oxidation sites excluding steroid dienone is 1. The van der Waals surface area contributed by atoms with E-state index in [1.54, 1.807) is 7.11 Å². The van der Waals surface area contributed by atoms with Gasteiger partial charge in [0, 0.05) is 0 Å². The molecular weight excluding hydrogens is 368 g/mol. The Kier molecular flexibility index (Phi) is 4.83. The lowest BCUT2D eigenvalue weighted by Crippen LogP contribution is -2.21. The third-order valence-corrected chi connectivity index (χ3v) is 4.74. The molecule has 7 heteroatoms. The van der Waals surface area contributed by atoms with Gasteiger partial charge in [-0.3, -0.25) is 0 Å². The number of ether oxygens (including phenoxy) is 3. The number of aromatic nitrogens is 2. The zero-order valence-corrected chi connectivity index (χ0v) is 16.1. The molecule has 1 aromatic heterocycles. The van der Waals surface area contributed by atoms with Gasteiger partial charge in [-0.2, -0.15) is 10.2 Å². The van der Waals surface area contributed by atoms with E-state index in [9.17, 15) is 5.26 Å². The summed E-state index contributed by atoms with van der Waals surface area (Å²) < 4.78 is 17.0. The first-order valence-corrected chi connectivity index (χ1v) is 9.09. The van der Waals surface area contributed by atoms with Crippen LogP contribution in [-0.4, -0.2) is 17.1 Å². The molecule has 0 bridgehead atoms. The Morgan fingerprint density at radius 3 is 2.72 bits per heavy atom. The van der Waals surface area contributed by atoms with Crippen molar-refractivity contribution in [2.45, 2.75) is 19.4 Å². The van der Waals surface area contributed by atoms with E-state index in [1.807, 2.05) is 55.5 Å². The molecule has 2 aromatic carbocycles. The largest absolute Gasteiger partial charge is 0.493 e. The minimum Gasteiger partial charge on any atom is -0.493 e. The monoisotopic (exact) mass is 388 g/mol. The molecule has 1 unspecified atom stereocenters. The smallest absolute Gasteiger partial charge is 0.243 e. The summed E-state index contributed by atoms with van der Waals surface area (Å²) in [7, 11) is 1.59. The number of hydrogen-bond donors (Lipinski definition) is 2. The second kappa shape index (κ2) is 7.60. The summed E-state index contributed by atoms with van der Waals surface area (Å²) in [5.74, 6) is 1.86. The summed E-state index contributed by atoms with van der Waals surface area (Å²) in [4.78, 5) is 7.51. The molecule has 29 heavy (non-hydrogen) atoms. The second-order valence-electron chi connectivity index (χ2n) is 6.65. The highest BCUT2D eigenvalue weighted by Gasteiger charge is 2.33. The Hall–Kier alpha value is -3.92. The van der Waals surface area contributed by atoms with Crippen molar-refractivity contribution in [1.82, 2.24) is 9.97 Å². The van der Waals surface area contributed by atoms with Gasteiger partial charge in [-0.15, -0.1) is 0 Å². The Balaban J connectivity index is 1.74. The third kappa shape index (κ3) is 3.48. The number of benzene rings is 2. The summed E-state index contributed by atoms with van der Waals surface area (Å²) in [6, 6.07) is 17.6. The first kappa shape index (κ1) is 18.4. The van der Waals surface area contributed by atoms with Crippen LogP contribution in [0, 0.1) is 18.3 Å². The van der Waals surface area contributed by atoms with E-state index in [1.165, 1.54) is 0 Å². The van der Waals surface area contributed by atoms with Crippen molar-refractivity contribution in [3.05, 3.63) is 82.6 Å². The number of nitrogens with one attached hydrogen (secondary N) is 1. The summed E-state index contributed by atoms with van der Waals surface area (Å²) in [5, 5.41) is 9.69. The maximum atomic E-state index is 9.69. The first-order valence-electron chi connectivity index (χ1n) is 9.09. The molecule has 0 amide bonds. The fourth-order valence-electron chi connectivity index (χ4n) is 3.38. The number of hydrogen-bond acceptors (Lipinski definition) is 6. The van der Waals surface area contributed by atoms with Gasteiger partial charge < -0.3 is 24.9 Å². The van der Waals surface area contributed by atoms with Crippen molar-refractivity contribution in [3.8, 4) is 23.4 Å². The maximum absolute atomic E-state index is 9.69. The molecule has 0 spiro atoms. The van der Waals surface area contributed by atoms with Gasteiger partial charge >= 0.3 is 0 Å². The molecule has 0 saturated heterocycles. The van der Waals surface area contributed by atoms with Gasteiger partial charge in [0.2, 0.25) is 11.8 Å². The van der Waals surface area contributed by atoms with Gasteiger partial charge in [-0.25, -0.2) is 0 Å². The highest BCUT2D eigenvalue weighted by Crippen LogP contribution is 2.42. The van der Waals surface area contributed by atoms with Gasteiger partial charge in [-0.1, -0.05) is 36.4 Å².